The van der Waals surface area contributed by atoms with Crippen LogP contribution in [-0.4, -0.2) is 34.3 Å². The summed E-state index contributed by atoms with van der Waals surface area (Å²) >= 11 is 2.40. The largest absolute Gasteiger partial charge is 0.497 e. The molecule has 0 aliphatic carbocycles. The predicted octanol–water partition coefficient (Wildman–Crippen LogP) is 5.59. The number of benzene rings is 2. The van der Waals surface area contributed by atoms with Crippen LogP contribution in [-0.2, 0) is 11.3 Å². The van der Waals surface area contributed by atoms with Gasteiger partial charge in [0.05, 0.1) is 31.1 Å². The average Bonchev–Trinajstić information content (AvgIpc) is 3.49. The van der Waals surface area contributed by atoms with Crippen LogP contribution in [0.3, 0.4) is 0 Å². The molecule has 0 aliphatic heterocycles. The molecule has 0 saturated heterocycles. The number of amides is 1. The Kier molecular flexibility index (Phi) is 7.74. The Hall–Kier alpha value is -3.76. The van der Waals surface area contributed by atoms with Gasteiger partial charge in [0.25, 0.3) is 5.91 Å². The molecule has 0 bridgehead atoms. The number of nitrogens with zero attached hydrogens (tertiary/aromatic N) is 2. The Bertz CT molecular complexity index is 1330. The first kappa shape index (κ1) is 24.4. The number of hydrogen-bond donors (Lipinski definition) is 1. The van der Waals surface area contributed by atoms with Crippen molar-refractivity contribution in [3.63, 3.8) is 0 Å². The number of rotatable bonds is 9. The number of esters is 1. The summed E-state index contributed by atoms with van der Waals surface area (Å²) in [7, 11) is 1.59. The van der Waals surface area contributed by atoms with Crippen molar-refractivity contribution in [1.29, 1.82) is 0 Å². The number of methoxy groups -OCH3 is 1. The van der Waals surface area contributed by atoms with E-state index in [-0.39, 0.29) is 19.1 Å². The third kappa shape index (κ3) is 5.67. The number of ether oxygens (including phenoxy) is 3. The second-order valence-electron chi connectivity index (χ2n) is 7.37. The van der Waals surface area contributed by atoms with Crippen LogP contribution in [0, 0.1) is 6.92 Å². The van der Waals surface area contributed by atoms with Gasteiger partial charge in [0.15, 0.2) is 0 Å². The molecule has 2 heterocycles. The molecule has 1 amide bonds. The van der Waals surface area contributed by atoms with Crippen molar-refractivity contribution in [2.24, 2.45) is 0 Å². The number of anilines is 1. The number of aromatic nitrogens is 2. The molecule has 1 N–H and O–H groups in total. The number of nitrogens with one attached hydrogen (secondary N) is 1. The smallest absolute Gasteiger partial charge is 0.341 e. The molecule has 180 valence electrons. The Morgan fingerprint density at radius 3 is 2.54 bits per heavy atom. The van der Waals surface area contributed by atoms with Crippen LogP contribution in [0.25, 0.3) is 11.1 Å². The van der Waals surface area contributed by atoms with E-state index in [0.717, 1.165) is 28.7 Å². The van der Waals surface area contributed by atoms with Crippen molar-refractivity contribution >= 4 is 39.9 Å². The van der Waals surface area contributed by atoms with Crippen LogP contribution < -0.4 is 14.8 Å². The van der Waals surface area contributed by atoms with Gasteiger partial charge in [-0.2, -0.15) is 8.75 Å². The van der Waals surface area contributed by atoms with Crippen molar-refractivity contribution < 1.29 is 23.8 Å². The second-order valence-corrected chi connectivity index (χ2v) is 8.78. The highest BCUT2D eigenvalue weighted by atomic mass is 32.1. The van der Waals surface area contributed by atoms with Crippen molar-refractivity contribution in [3.8, 4) is 22.6 Å². The lowest BCUT2D eigenvalue weighted by Crippen LogP contribution is -2.15. The van der Waals surface area contributed by atoms with Crippen LogP contribution >= 0.6 is 23.1 Å². The standard InChI is InChI=1S/C25H23N3O5S2/c1-4-32-25(30)22-20(16-8-10-18(31-3)11-9-16)14-34-24(22)26-23(29)17-6-5-7-19(12-17)33-13-21-15(2)27-35-28-21/h5-12,14H,4,13H2,1-3H3,(H,26,29). The molecule has 10 heteroatoms. The Morgan fingerprint density at radius 2 is 1.86 bits per heavy atom. The number of aryl methyl sites for hydroxylation is 1. The summed E-state index contributed by atoms with van der Waals surface area (Å²) in [4.78, 5) is 25.9. The molecule has 35 heavy (non-hydrogen) atoms. The van der Waals surface area contributed by atoms with Crippen LogP contribution in [0.5, 0.6) is 11.5 Å². The summed E-state index contributed by atoms with van der Waals surface area (Å²) < 4.78 is 24.6. The molecule has 0 spiro atoms. The third-order valence-corrected chi connectivity index (χ3v) is 6.67. The first-order chi connectivity index (χ1) is 17.0. The van der Waals surface area contributed by atoms with Crippen molar-refractivity contribution in [2.45, 2.75) is 20.5 Å². The van der Waals surface area contributed by atoms with Gasteiger partial charge in [0.1, 0.15) is 34.4 Å². The molecule has 0 atom stereocenters. The normalized spacial score (nSPS) is 10.6. The van der Waals surface area contributed by atoms with Crippen molar-refractivity contribution in [1.82, 2.24) is 8.75 Å². The van der Waals surface area contributed by atoms with E-state index in [1.807, 2.05) is 36.6 Å². The summed E-state index contributed by atoms with van der Waals surface area (Å²) in [5.41, 5.74) is 3.77. The minimum absolute atomic E-state index is 0.220. The predicted molar refractivity (Wildman–Crippen MR) is 136 cm³/mol. The maximum absolute atomic E-state index is 13.1. The summed E-state index contributed by atoms with van der Waals surface area (Å²) in [5, 5.41) is 5.10. The van der Waals surface area contributed by atoms with E-state index < -0.39 is 5.97 Å². The Morgan fingerprint density at radius 1 is 1.06 bits per heavy atom. The monoisotopic (exact) mass is 509 g/mol. The van der Waals surface area contributed by atoms with Crippen LogP contribution in [0.4, 0.5) is 5.00 Å². The molecule has 2 aromatic carbocycles. The highest BCUT2D eigenvalue weighted by Crippen LogP contribution is 2.37. The fraction of sp³-hybridized carbons (Fsp3) is 0.200. The molecule has 0 fully saturated rings. The van der Waals surface area contributed by atoms with Crippen LogP contribution in [0.1, 0.15) is 39.0 Å². The molecule has 2 aromatic heterocycles. The molecule has 4 rings (SSSR count). The highest BCUT2D eigenvalue weighted by Gasteiger charge is 2.23. The number of hydrogen-bond acceptors (Lipinski definition) is 9. The van der Waals surface area contributed by atoms with Crippen molar-refractivity contribution in [2.75, 3.05) is 19.0 Å². The van der Waals surface area contributed by atoms with E-state index in [2.05, 4.69) is 14.1 Å². The molecule has 0 radical (unpaired) electrons. The van der Waals surface area contributed by atoms with Gasteiger partial charge in [-0.15, -0.1) is 11.3 Å². The molecule has 0 saturated carbocycles. The molecule has 4 aromatic rings. The van der Waals surface area contributed by atoms with E-state index in [0.29, 0.717) is 33.2 Å². The van der Waals surface area contributed by atoms with Gasteiger partial charge in [-0.1, -0.05) is 18.2 Å². The van der Waals surface area contributed by atoms with Gasteiger partial charge in [0, 0.05) is 16.5 Å². The van der Waals surface area contributed by atoms with Crippen molar-refractivity contribution in [3.05, 3.63) is 76.4 Å². The summed E-state index contributed by atoms with van der Waals surface area (Å²) in [6.07, 6.45) is 0. The molecule has 0 unspecified atom stereocenters. The third-order valence-electron chi connectivity index (χ3n) is 5.12. The van der Waals surface area contributed by atoms with E-state index in [9.17, 15) is 9.59 Å². The maximum Gasteiger partial charge on any atom is 0.341 e. The summed E-state index contributed by atoms with van der Waals surface area (Å²) in [6, 6.07) is 14.2. The maximum atomic E-state index is 13.1. The lowest BCUT2D eigenvalue weighted by atomic mass is 10.0. The molecule has 8 nitrogen and oxygen atoms in total. The zero-order chi connectivity index (χ0) is 24.8. The topological polar surface area (TPSA) is 99.6 Å². The van der Waals surface area contributed by atoms with Gasteiger partial charge in [-0.05, 0) is 49.7 Å². The van der Waals surface area contributed by atoms with Gasteiger partial charge in [-0.3, -0.25) is 4.79 Å². The number of carbonyl (C=O) groups excluding carboxylic acids is 2. The quantitative estimate of drug-likeness (QED) is 0.294. The average molecular weight is 510 g/mol. The number of carbonyl (C=O) groups is 2. The zero-order valence-electron chi connectivity index (χ0n) is 19.4. The van der Waals surface area contributed by atoms with E-state index in [4.69, 9.17) is 14.2 Å². The molecular formula is C25H23N3O5S2. The SMILES string of the molecule is CCOC(=O)c1c(-c2ccc(OC)cc2)csc1NC(=O)c1cccc(OCc2nsnc2C)c1. The van der Waals surface area contributed by atoms with Gasteiger partial charge in [0.2, 0.25) is 0 Å². The van der Waals surface area contributed by atoms with Crippen LogP contribution in [0.15, 0.2) is 53.9 Å². The van der Waals surface area contributed by atoms with Gasteiger partial charge < -0.3 is 19.5 Å². The Labute approximate surface area is 210 Å². The number of thiophene rings is 1. The van der Waals surface area contributed by atoms with E-state index >= 15 is 0 Å². The fourth-order valence-corrected chi connectivity index (χ4v) is 4.78. The first-order valence-corrected chi connectivity index (χ1v) is 12.4. The Balaban J connectivity index is 1.56. The summed E-state index contributed by atoms with van der Waals surface area (Å²) in [6.45, 7) is 4.09. The van der Waals surface area contributed by atoms with Crippen LogP contribution in [0.2, 0.25) is 0 Å². The van der Waals surface area contributed by atoms with Gasteiger partial charge >= 0.3 is 5.97 Å². The zero-order valence-corrected chi connectivity index (χ0v) is 21.0. The van der Waals surface area contributed by atoms with Gasteiger partial charge in [-0.25, -0.2) is 4.79 Å². The first-order valence-electron chi connectivity index (χ1n) is 10.8. The second kappa shape index (κ2) is 11.1. The minimum atomic E-state index is -0.501. The minimum Gasteiger partial charge on any atom is -0.497 e. The molecule has 0 aliphatic rings. The highest BCUT2D eigenvalue weighted by molar-refractivity contribution is 7.15. The van der Waals surface area contributed by atoms with E-state index in [1.54, 1.807) is 38.3 Å². The fourth-order valence-electron chi connectivity index (χ4n) is 3.27. The lowest BCUT2D eigenvalue weighted by molar-refractivity contribution is 0.0529. The lowest BCUT2D eigenvalue weighted by Gasteiger charge is -2.10. The van der Waals surface area contributed by atoms with E-state index in [1.165, 1.54) is 11.3 Å². The summed E-state index contributed by atoms with van der Waals surface area (Å²) in [5.74, 6) is 0.370. The molecular weight excluding hydrogens is 486 g/mol.